The highest BCUT2D eigenvalue weighted by Gasteiger charge is 2.29. The van der Waals surface area contributed by atoms with E-state index in [2.05, 4.69) is 9.47 Å². The number of carbonyl (C=O) groups is 2. The maximum atomic E-state index is 11.5. The number of esters is 2. The Bertz CT molecular complexity index is 406. The molecule has 0 bridgehead atoms. The Labute approximate surface area is 105 Å². The summed E-state index contributed by atoms with van der Waals surface area (Å²) >= 11 is 1.58. The van der Waals surface area contributed by atoms with Gasteiger partial charge < -0.3 is 9.47 Å². The normalized spacial score (nSPS) is 10.4. The van der Waals surface area contributed by atoms with Gasteiger partial charge in [0.25, 0.3) is 0 Å². The fourth-order valence-corrected chi connectivity index (χ4v) is 2.72. The predicted octanol–water partition coefficient (Wildman–Crippen LogP) is 1.87. The first-order chi connectivity index (χ1) is 7.99. The smallest absolute Gasteiger partial charge is 0.320 e. The van der Waals surface area contributed by atoms with Crippen LogP contribution in [-0.2, 0) is 25.5 Å². The molecule has 1 aromatic rings. The van der Waals surface area contributed by atoms with Gasteiger partial charge in [-0.15, -0.1) is 11.3 Å². The Morgan fingerprint density at radius 3 is 2.12 bits per heavy atom. The first-order valence-corrected chi connectivity index (χ1v) is 6.02. The average molecular weight is 256 g/mol. The molecule has 0 spiro atoms. The SMILES string of the molecule is COC(=O)C(Cc1sc(C)cc1C)C(=O)OC. The zero-order valence-electron chi connectivity index (χ0n) is 10.4. The number of rotatable bonds is 4. The lowest BCUT2D eigenvalue weighted by molar-refractivity contribution is -0.158. The molecule has 1 heterocycles. The number of methoxy groups -OCH3 is 2. The van der Waals surface area contributed by atoms with Crippen LogP contribution in [0.3, 0.4) is 0 Å². The highest BCUT2D eigenvalue weighted by Crippen LogP contribution is 2.24. The van der Waals surface area contributed by atoms with Crippen LogP contribution < -0.4 is 0 Å². The maximum Gasteiger partial charge on any atom is 0.320 e. The van der Waals surface area contributed by atoms with Gasteiger partial charge in [-0.3, -0.25) is 9.59 Å². The summed E-state index contributed by atoms with van der Waals surface area (Å²) in [4.78, 5) is 25.2. The molecule has 5 heteroatoms. The third-order valence-corrected chi connectivity index (χ3v) is 3.68. The monoisotopic (exact) mass is 256 g/mol. The molecule has 0 N–H and O–H groups in total. The van der Waals surface area contributed by atoms with Gasteiger partial charge >= 0.3 is 11.9 Å². The van der Waals surface area contributed by atoms with E-state index >= 15 is 0 Å². The van der Waals surface area contributed by atoms with Crippen molar-refractivity contribution in [2.75, 3.05) is 14.2 Å². The molecule has 1 rings (SSSR count). The van der Waals surface area contributed by atoms with Gasteiger partial charge in [0, 0.05) is 16.2 Å². The summed E-state index contributed by atoms with van der Waals surface area (Å²) in [5, 5.41) is 0. The van der Waals surface area contributed by atoms with Crippen molar-refractivity contribution in [1.82, 2.24) is 0 Å². The lowest BCUT2D eigenvalue weighted by Crippen LogP contribution is -2.28. The summed E-state index contributed by atoms with van der Waals surface area (Å²) < 4.78 is 9.24. The molecule has 1 aromatic heterocycles. The van der Waals surface area contributed by atoms with Gasteiger partial charge in [-0.25, -0.2) is 0 Å². The molecule has 17 heavy (non-hydrogen) atoms. The van der Waals surface area contributed by atoms with Crippen molar-refractivity contribution in [3.8, 4) is 0 Å². The van der Waals surface area contributed by atoms with Gasteiger partial charge in [-0.2, -0.15) is 0 Å². The van der Waals surface area contributed by atoms with Gasteiger partial charge in [-0.1, -0.05) is 0 Å². The minimum absolute atomic E-state index is 0.337. The Morgan fingerprint density at radius 2 is 1.76 bits per heavy atom. The van der Waals surface area contributed by atoms with Crippen molar-refractivity contribution in [2.45, 2.75) is 20.3 Å². The second-order valence-corrected chi connectivity index (χ2v) is 5.11. The van der Waals surface area contributed by atoms with Crippen molar-refractivity contribution in [1.29, 1.82) is 0 Å². The molecule has 0 saturated heterocycles. The number of carbonyl (C=O) groups excluding carboxylic acids is 2. The van der Waals surface area contributed by atoms with Crippen molar-refractivity contribution in [2.24, 2.45) is 5.92 Å². The van der Waals surface area contributed by atoms with Crippen LogP contribution in [-0.4, -0.2) is 26.2 Å². The number of aryl methyl sites for hydroxylation is 2. The molecule has 0 aliphatic rings. The summed E-state index contributed by atoms with van der Waals surface area (Å²) in [6.45, 7) is 3.96. The number of hydrogen-bond acceptors (Lipinski definition) is 5. The van der Waals surface area contributed by atoms with E-state index in [4.69, 9.17) is 0 Å². The fourth-order valence-electron chi connectivity index (χ4n) is 1.63. The van der Waals surface area contributed by atoms with E-state index in [0.29, 0.717) is 6.42 Å². The zero-order chi connectivity index (χ0) is 13.0. The molecule has 0 aromatic carbocycles. The second kappa shape index (κ2) is 5.82. The Balaban J connectivity index is 2.90. The van der Waals surface area contributed by atoms with Gasteiger partial charge in [0.2, 0.25) is 0 Å². The zero-order valence-corrected chi connectivity index (χ0v) is 11.2. The molecular formula is C12H16O4S. The van der Waals surface area contributed by atoms with Crippen LogP contribution in [0.4, 0.5) is 0 Å². The van der Waals surface area contributed by atoms with Gasteiger partial charge in [0.15, 0.2) is 5.92 Å². The van der Waals surface area contributed by atoms with E-state index in [1.807, 2.05) is 19.9 Å². The molecule has 0 amide bonds. The lowest BCUT2D eigenvalue weighted by atomic mass is 10.0. The highest BCUT2D eigenvalue weighted by atomic mass is 32.1. The third kappa shape index (κ3) is 3.30. The molecule has 0 radical (unpaired) electrons. The van der Waals surface area contributed by atoms with E-state index in [9.17, 15) is 9.59 Å². The third-order valence-electron chi connectivity index (χ3n) is 2.50. The van der Waals surface area contributed by atoms with Gasteiger partial charge in [0.05, 0.1) is 14.2 Å². The summed E-state index contributed by atoms with van der Waals surface area (Å²) in [5.74, 6) is -1.98. The molecule has 0 saturated carbocycles. The van der Waals surface area contributed by atoms with Crippen molar-refractivity contribution < 1.29 is 19.1 Å². The standard InChI is InChI=1S/C12H16O4S/c1-7-5-8(2)17-10(7)6-9(11(13)15-3)12(14)16-4/h5,9H,6H2,1-4H3. The van der Waals surface area contributed by atoms with E-state index in [-0.39, 0.29) is 0 Å². The first-order valence-electron chi connectivity index (χ1n) is 5.21. The van der Waals surface area contributed by atoms with E-state index in [1.165, 1.54) is 14.2 Å². The van der Waals surface area contributed by atoms with Crippen LogP contribution in [0.15, 0.2) is 6.07 Å². The minimum atomic E-state index is -0.873. The van der Waals surface area contributed by atoms with Crippen molar-refractivity contribution >= 4 is 23.3 Å². The summed E-state index contributed by atoms with van der Waals surface area (Å²) in [6, 6.07) is 2.03. The largest absolute Gasteiger partial charge is 0.468 e. The van der Waals surface area contributed by atoms with Crippen molar-refractivity contribution in [3.05, 3.63) is 21.4 Å². The molecule has 4 nitrogen and oxygen atoms in total. The number of ether oxygens (including phenoxy) is 2. The van der Waals surface area contributed by atoms with Crippen LogP contribution in [0.25, 0.3) is 0 Å². The summed E-state index contributed by atoms with van der Waals surface area (Å²) in [5.41, 5.74) is 1.09. The van der Waals surface area contributed by atoms with Crippen LogP contribution in [0.2, 0.25) is 0 Å². The molecule has 0 fully saturated rings. The first kappa shape index (κ1) is 13.7. The quantitative estimate of drug-likeness (QED) is 0.609. The Hall–Kier alpha value is -1.36. The molecule has 0 unspecified atom stereocenters. The lowest BCUT2D eigenvalue weighted by Gasteiger charge is -2.11. The summed E-state index contributed by atoms with van der Waals surface area (Å²) in [6.07, 6.45) is 0.337. The Morgan fingerprint density at radius 1 is 1.24 bits per heavy atom. The van der Waals surface area contributed by atoms with Gasteiger partial charge in [-0.05, 0) is 25.5 Å². The van der Waals surface area contributed by atoms with E-state index in [1.54, 1.807) is 11.3 Å². The highest BCUT2D eigenvalue weighted by molar-refractivity contribution is 7.12. The molecule has 0 aliphatic carbocycles. The fraction of sp³-hybridized carbons (Fsp3) is 0.500. The van der Waals surface area contributed by atoms with E-state index < -0.39 is 17.9 Å². The number of hydrogen-bond donors (Lipinski definition) is 0. The number of thiophene rings is 1. The topological polar surface area (TPSA) is 52.6 Å². The average Bonchev–Trinajstić information content (AvgIpc) is 2.62. The van der Waals surface area contributed by atoms with Crippen molar-refractivity contribution in [3.63, 3.8) is 0 Å². The van der Waals surface area contributed by atoms with Gasteiger partial charge in [0.1, 0.15) is 0 Å². The van der Waals surface area contributed by atoms with E-state index in [0.717, 1.165) is 15.3 Å². The summed E-state index contributed by atoms with van der Waals surface area (Å²) in [7, 11) is 2.54. The van der Waals surface area contributed by atoms with Crippen LogP contribution in [0.5, 0.6) is 0 Å². The Kier molecular flexibility index (Phi) is 4.69. The van der Waals surface area contributed by atoms with Crippen LogP contribution >= 0.6 is 11.3 Å². The molecule has 0 atom stereocenters. The molecule has 94 valence electrons. The second-order valence-electron chi connectivity index (χ2n) is 3.77. The maximum absolute atomic E-state index is 11.5. The minimum Gasteiger partial charge on any atom is -0.468 e. The molecule has 0 aliphatic heterocycles. The van der Waals surface area contributed by atoms with Crippen LogP contribution in [0, 0.1) is 19.8 Å². The predicted molar refractivity (Wildman–Crippen MR) is 65.0 cm³/mol. The van der Waals surface area contributed by atoms with Crippen LogP contribution in [0.1, 0.15) is 15.3 Å². The molecular weight excluding hydrogens is 240 g/mol.